The van der Waals surface area contributed by atoms with Crippen LogP contribution in [0.1, 0.15) is 23.5 Å². The summed E-state index contributed by atoms with van der Waals surface area (Å²) < 4.78 is 23.1. The first kappa shape index (κ1) is 22.3. The molecule has 1 saturated heterocycles. The van der Waals surface area contributed by atoms with Crippen molar-refractivity contribution in [3.8, 4) is 0 Å². The highest BCUT2D eigenvalue weighted by molar-refractivity contribution is 7.91. The number of hydrogen-bond donors (Lipinski definition) is 2. The maximum atomic E-state index is 11.5. The van der Waals surface area contributed by atoms with Crippen LogP contribution in [-0.2, 0) is 9.84 Å². The van der Waals surface area contributed by atoms with Gasteiger partial charge in [0, 0.05) is 45.7 Å². The molecule has 2 aromatic rings. The highest BCUT2D eigenvalue weighted by Gasteiger charge is 2.21. The molecule has 0 bridgehead atoms. The molecule has 0 unspecified atom stereocenters. The van der Waals surface area contributed by atoms with Gasteiger partial charge >= 0.3 is 0 Å². The molecule has 1 heterocycles. The van der Waals surface area contributed by atoms with Crippen molar-refractivity contribution in [2.45, 2.75) is 12.3 Å². The molecule has 6 nitrogen and oxygen atoms in total. The zero-order valence-electron chi connectivity index (χ0n) is 17.6. The summed E-state index contributed by atoms with van der Waals surface area (Å²) in [6.45, 7) is 3.58. The van der Waals surface area contributed by atoms with E-state index >= 15 is 0 Å². The van der Waals surface area contributed by atoms with Crippen LogP contribution in [0.4, 0.5) is 0 Å². The Bertz CT molecular complexity index is 848. The van der Waals surface area contributed by atoms with Crippen LogP contribution in [0.15, 0.2) is 65.7 Å². The first-order chi connectivity index (χ1) is 14.6. The predicted molar refractivity (Wildman–Crippen MR) is 124 cm³/mol. The van der Waals surface area contributed by atoms with E-state index in [4.69, 9.17) is 0 Å². The van der Waals surface area contributed by atoms with Crippen LogP contribution in [0.3, 0.4) is 0 Å². The average molecular weight is 429 g/mol. The molecule has 0 amide bonds. The smallest absolute Gasteiger partial charge is 0.191 e. The lowest BCUT2D eigenvalue weighted by atomic mass is 9.88. The number of sulfone groups is 1. The van der Waals surface area contributed by atoms with Gasteiger partial charge in [-0.3, -0.25) is 9.89 Å². The van der Waals surface area contributed by atoms with E-state index in [-0.39, 0.29) is 11.5 Å². The van der Waals surface area contributed by atoms with Crippen molar-refractivity contribution in [1.29, 1.82) is 0 Å². The first-order valence-electron chi connectivity index (χ1n) is 10.5. The maximum absolute atomic E-state index is 11.5. The maximum Gasteiger partial charge on any atom is 0.191 e. The lowest BCUT2D eigenvalue weighted by Gasteiger charge is -2.26. The molecule has 1 aliphatic heterocycles. The van der Waals surface area contributed by atoms with Gasteiger partial charge in [0.2, 0.25) is 0 Å². The fourth-order valence-corrected chi connectivity index (χ4v) is 5.04. The lowest BCUT2D eigenvalue weighted by molar-refractivity contribution is 0.299. The summed E-state index contributed by atoms with van der Waals surface area (Å²) in [5.74, 6) is 1.63. The second kappa shape index (κ2) is 11.1. The van der Waals surface area contributed by atoms with Crippen molar-refractivity contribution in [2.75, 3.05) is 51.3 Å². The zero-order chi connectivity index (χ0) is 21.2. The van der Waals surface area contributed by atoms with Crippen LogP contribution < -0.4 is 10.6 Å². The lowest BCUT2D eigenvalue weighted by Crippen LogP contribution is -2.46. The number of rotatable bonds is 8. The number of hydrogen-bond acceptors (Lipinski definition) is 4. The second-order valence-corrected chi connectivity index (χ2v) is 9.89. The molecule has 1 aliphatic rings. The Kier molecular flexibility index (Phi) is 8.28. The standard InChI is InChI=1S/C23H32N4O2S/c1-24-23(26-14-15-27-16-18-30(28,29)19-17-27)25-13-12-22(20-8-4-2-5-9-20)21-10-6-3-7-11-21/h2-11,22H,12-19H2,1H3,(H2,24,25,26). The molecule has 1 fully saturated rings. The topological polar surface area (TPSA) is 73.8 Å². The minimum atomic E-state index is -2.83. The van der Waals surface area contributed by atoms with E-state index in [1.54, 1.807) is 7.05 Å². The highest BCUT2D eigenvalue weighted by Crippen LogP contribution is 2.27. The summed E-state index contributed by atoms with van der Waals surface area (Å²) in [5.41, 5.74) is 2.63. The van der Waals surface area contributed by atoms with Gasteiger partial charge in [-0.1, -0.05) is 60.7 Å². The van der Waals surface area contributed by atoms with E-state index in [2.05, 4.69) is 69.1 Å². The van der Waals surface area contributed by atoms with E-state index in [9.17, 15) is 8.42 Å². The molecule has 162 valence electrons. The van der Waals surface area contributed by atoms with E-state index in [0.29, 0.717) is 19.0 Å². The SMILES string of the molecule is CN=C(NCCC(c1ccccc1)c1ccccc1)NCCN1CCS(=O)(=O)CC1. The van der Waals surface area contributed by atoms with E-state index < -0.39 is 9.84 Å². The monoisotopic (exact) mass is 428 g/mol. The molecule has 0 atom stereocenters. The van der Waals surface area contributed by atoms with Crippen LogP contribution in [-0.4, -0.2) is 70.6 Å². The molecule has 0 radical (unpaired) electrons. The first-order valence-corrected chi connectivity index (χ1v) is 12.4. The molecule has 3 rings (SSSR count). The Morgan fingerprint density at radius 3 is 2.00 bits per heavy atom. The molecule has 0 saturated carbocycles. The van der Waals surface area contributed by atoms with Crippen LogP contribution >= 0.6 is 0 Å². The fourth-order valence-electron chi connectivity index (χ4n) is 3.76. The van der Waals surface area contributed by atoms with Crippen molar-refractivity contribution in [2.24, 2.45) is 4.99 Å². The molecule has 2 aromatic carbocycles. The Balaban J connectivity index is 1.46. The van der Waals surface area contributed by atoms with Gasteiger partial charge in [0.1, 0.15) is 0 Å². The Hall–Kier alpha value is -2.38. The Labute approximate surface area is 180 Å². The molecule has 0 aliphatic carbocycles. The van der Waals surface area contributed by atoms with Gasteiger partial charge in [0.05, 0.1) is 11.5 Å². The molecule has 0 spiro atoms. The van der Waals surface area contributed by atoms with E-state index in [1.165, 1.54) is 11.1 Å². The Morgan fingerprint density at radius 2 is 1.47 bits per heavy atom. The van der Waals surface area contributed by atoms with E-state index in [1.807, 2.05) is 12.1 Å². The third kappa shape index (κ3) is 6.85. The number of nitrogens with one attached hydrogen (secondary N) is 2. The van der Waals surface area contributed by atoms with Crippen molar-refractivity contribution in [1.82, 2.24) is 15.5 Å². The quantitative estimate of drug-likeness (QED) is 0.498. The number of guanidine groups is 1. The summed E-state index contributed by atoms with van der Waals surface area (Å²) in [5, 5.41) is 6.75. The van der Waals surface area contributed by atoms with Gasteiger partial charge in [0.25, 0.3) is 0 Å². The summed E-state index contributed by atoms with van der Waals surface area (Å²) in [6.07, 6.45) is 0.957. The summed E-state index contributed by atoms with van der Waals surface area (Å²) >= 11 is 0. The summed E-state index contributed by atoms with van der Waals surface area (Å²) in [7, 11) is -1.05. The van der Waals surface area contributed by atoms with Gasteiger partial charge in [-0.05, 0) is 17.5 Å². The highest BCUT2D eigenvalue weighted by atomic mass is 32.2. The van der Waals surface area contributed by atoms with E-state index in [0.717, 1.165) is 32.0 Å². The molecular weight excluding hydrogens is 396 g/mol. The number of aliphatic imine (C=N–C) groups is 1. The summed E-state index contributed by atoms with van der Waals surface area (Å²) in [4.78, 5) is 6.50. The zero-order valence-corrected chi connectivity index (χ0v) is 18.4. The number of nitrogens with zero attached hydrogens (tertiary/aromatic N) is 2. The minimum absolute atomic E-state index is 0.264. The fraction of sp³-hybridized carbons (Fsp3) is 0.435. The van der Waals surface area contributed by atoms with Gasteiger partial charge in [0.15, 0.2) is 15.8 Å². The van der Waals surface area contributed by atoms with Gasteiger partial charge in [-0.25, -0.2) is 8.42 Å². The molecule has 30 heavy (non-hydrogen) atoms. The number of benzene rings is 2. The van der Waals surface area contributed by atoms with Gasteiger partial charge < -0.3 is 10.6 Å². The largest absolute Gasteiger partial charge is 0.356 e. The van der Waals surface area contributed by atoms with Gasteiger partial charge in [-0.15, -0.1) is 0 Å². The van der Waals surface area contributed by atoms with Crippen LogP contribution in [0.25, 0.3) is 0 Å². The van der Waals surface area contributed by atoms with Crippen molar-refractivity contribution >= 4 is 15.8 Å². The summed E-state index contributed by atoms with van der Waals surface area (Å²) in [6, 6.07) is 21.2. The molecule has 2 N–H and O–H groups in total. The molecule has 7 heteroatoms. The van der Waals surface area contributed by atoms with Crippen LogP contribution in [0.2, 0.25) is 0 Å². The normalized spacial score (nSPS) is 17.1. The van der Waals surface area contributed by atoms with Crippen molar-refractivity contribution in [3.63, 3.8) is 0 Å². The van der Waals surface area contributed by atoms with Crippen LogP contribution in [0, 0.1) is 0 Å². The van der Waals surface area contributed by atoms with Gasteiger partial charge in [-0.2, -0.15) is 0 Å². The third-order valence-corrected chi connectivity index (χ3v) is 7.12. The van der Waals surface area contributed by atoms with Crippen molar-refractivity contribution in [3.05, 3.63) is 71.8 Å². The Morgan fingerprint density at radius 1 is 0.933 bits per heavy atom. The van der Waals surface area contributed by atoms with Crippen molar-refractivity contribution < 1.29 is 8.42 Å². The molecule has 0 aromatic heterocycles. The second-order valence-electron chi connectivity index (χ2n) is 7.58. The minimum Gasteiger partial charge on any atom is -0.356 e. The van der Waals surface area contributed by atoms with Crippen LogP contribution in [0.5, 0.6) is 0 Å². The average Bonchev–Trinajstić information content (AvgIpc) is 2.77. The predicted octanol–water partition coefficient (Wildman–Crippen LogP) is 2.10. The molecular formula is C23H32N4O2S. The third-order valence-electron chi connectivity index (χ3n) is 5.51.